The number of nitrogens with two attached hydrogens (primary N) is 1. The minimum atomic E-state index is -0.472. The average Bonchev–Trinajstić information content (AvgIpc) is 3.16. The Bertz CT molecular complexity index is 736. The molecule has 0 bridgehead atoms. The molecule has 1 aliphatic heterocycles. The number of quaternary nitrogens is 1. The van der Waals surface area contributed by atoms with E-state index in [4.69, 9.17) is 5.73 Å². The molecule has 126 valence electrons. The van der Waals surface area contributed by atoms with Gasteiger partial charge in [0, 0.05) is 37.3 Å². The highest BCUT2D eigenvalue weighted by atomic mass is 16.2. The maximum absolute atomic E-state index is 12.4. The topological polar surface area (TPSA) is 81.6 Å². The first-order valence-corrected chi connectivity index (χ1v) is 8.20. The Kier molecular flexibility index (Phi) is 4.66. The van der Waals surface area contributed by atoms with Crippen molar-refractivity contribution in [2.75, 3.05) is 18.4 Å². The van der Waals surface area contributed by atoms with E-state index in [1.54, 1.807) is 24.3 Å². The van der Waals surface area contributed by atoms with Crippen molar-refractivity contribution in [3.8, 4) is 0 Å². The quantitative estimate of drug-likeness (QED) is 0.747. The fourth-order valence-corrected chi connectivity index (χ4v) is 3.45. The maximum Gasteiger partial charge on any atom is 0.279 e. The van der Waals surface area contributed by atoms with E-state index in [1.807, 2.05) is 19.3 Å². The summed E-state index contributed by atoms with van der Waals surface area (Å²) in [5, 5.41) is 2.90. The first-order valence-electron chi connectivity index (χ1n) is 8.20. The van der Waals surface area contributed by atoms with Gasteiger partial charge in [-0.15, -0.1) is 0 Å². The van der Waals surface area contributed by atoms with Crippen molar-refractivity contribution < 1.29 is 14.5 Å². The normalized spacial score (nSPS) is 20.0. The lowest BCUT2D eigenvalue weighted by Crippen LogP contribution is -3.11. The molecule has 1 aliphatic rings. The van der Waals surface area contributed by atoms with E-state index in [0.717, 1.165) is 19.4 Å². The van der Waals surface area contributed by atoms with Gasteiger partial charge < -0.3 is 20.5 Å². The zero-order chi connectivity index (χ0) is 17.1. The molecular weight excluding hydrogens is 304 g/mol. The van der Waals surface area contributed by atoms with Gasteiger partial charge in [0.1, 0.15) is 6.04 Å². The number of nitrogens with one attached hydrogen (secondary N) is 2. The number of aryl methyl sites for hydroxylation is 1. The summed E-state index contributed by atoms with van der Waals surface area (Å²) < 4.78 is 2.14. The Morgan fingerprint density at radius 3 is 2.67 bits per heavy atom. The van der Waals surface area contributed by atoms with Crippen LogP contribution in [0.2, 0.25) is 0 Å². The van der Waals surface area contributed by atoms with Crippen molar-refractivity contribution in [2.24, 2.45) is 12.8 Å². The maximum atomic E-state index is 12.4. The number of primary amides is 1. The number of benzene rings is 1. The molecule has 6 heteroatoms. The summed E-state index contributed by atoms with van der Waals surface area (Å²) in [7, 11) is 2.05. The zero-order valence-electron chi connectivity index (χ0n) is 13.8. The Hall–Kier alpha value is -2.60. The van der Waals surface area contributed by atoms with Crippen molar-refractivity contribution >= 4 is 17.5 Å². The van der Waals surface area contributed by atoms with Crippen molar-refractivity contribution in [3.05, 3.63) is 53.9 Å². The Morgan fingerprint density at radius 2 is 2.04 bits per heavy atom. The van der Waals surface area contributed by atoms with E-state index in [1.165, 1.54) is 10.6 Å². The highest BCUT2D eigenvalue weighted by molar-refractivity contribution is 5.95. The number of anilines is 1. The standard InChI is InChI=1S/C18H22N4O2/c1-21-10-2-4-15(21)16-5-3-11-22(16)12-17(23)20-14-8-6-13(7-9-14)18(19)24/h2,4,6-10,16H,3,5,11-12H2,1H3,(H2,19,24)(H,20,23)/p+1/t16-/m0/s1. The third kappa shape index (κ3) is 3.49. The molecule has 0 aliphatic carbocycles. The Morgan fingerprint density at radius 1 is 1.29 bits per heavy atom. The van der Waals surface area contributed by atoms with Gasteiger partial charge in [-0.3, -0.25) is 9.59 Å². The van der Waals surface area contributed by atoms with Gasteiger partial charge in [0.25, 0.3) is 5.91 Å². The second-order valence-electron chi connectivity index (χ2n) is 6.31. The van der Waals surface area contributed by atoms with E-state index >= 15 is 0 Å². The number of likely N-dealkylation sites (tertiary alicyclic amines) is 1. The van der Waals surface area contributed by atoms with Gasteiger partial charge in [0.2, 0.25) is 5.91 Å². The van der Waals surface area contributed by atoms with Crippen LogP contribution in [0, 0.1) is 0 Å². The van der Waals surface area contributed by atoms with Crippen molar-refractivity contribution in [3.63, 3.8) is 0 Å². The molecule has 1 aromatic carbocycles. The second kappa shape index (κ2) is 6.88. The molecule has 3 rings (SSSR count). The summed E-state index contributed by atoms with van der Waals surface area (Å²) in [5.41, 5.74) is 7.61. The molecule has 24 heavy (non-hydrogen) atoms. The zero-order valence-corrected chi connectivity index (χ0v) is 13.8. The predicted octanol–water partition coefficient (Wildman–Crippen LogP) is 0.483. The number of nitrogens with zero attached hydrogens (tertiary/aromatic N) is 1. The lowest BCUT2D eigenvalue weighted by molar-refractivity contribution is -0.910. The van der Waals surface area contributed by atoms with Crippen LogP contribution in [0.25, 0.3) is 0 Å². The molecule has 2 heterocycles. The van der Waals surface area contributed by atoms with E-state index in [2.05, 4.69) is 16.0 Å². The fourth-order valence-electron chi connectivity index (χ4n) is 3.45. The highest BCUT2D eigenvalue weighted by Crippen LogP contribution is 2.19. The first kappa shape index (κ1) is 16.3. The first-order chi connectivity index (χ1) is 11.5. The van der Waals surface area contributed by atoms with Crippen LogP contribution in [-0.2, 0) is 11.8 Å². The molecule has 1 saturated heterocycles. The minimum absolute atomic E-state index is 0.0158. The van der Waals surface area contributed by atoms with E-state index in [0.29, 0.717) is 23.8 Å². The van der Waals surface area contributed by atoms with Gasteiger partial charge in [-0.05, 0) is 36.4 Å². The highest BCUT2D eigenvalue weighted by Gasteiger charge is 2.32. The molecule has 0 saturated carbocycles. The molecule has 1 fully saturated rings. The number of hydrogen-bond acceptors (Lipinski definition) is 2. The summed E-state index contributed by atoms with van der Waals surface area (Å²) in [6.45, 7) is 1.44. The number of rotatable bonds is 5. The molecule has 4 N–H and O–H groups in total. The van der Waals surface area contributed by atoms with E-state index in [9.17, 15) is 9.59 Å². The third-order valence-electron chi connectivity index (χ3n) is 4.67. The molecular formula is C18H23N4O2+. The number of carbonyl (C=O) groups excluding carboxylic acids is 2. The third-order valence-corrected chi connectivity index (χ3v) is 4.67. The van der Waals surface area contributed by atoms with Crippen LogP contribution in [0.1, 0.15) is 34.9 Å². The molecule has 2 atom stereocenters. The molecule has 2 aromatic rings. The van der Waals surface area contributed by atoms with Crippen molar-refractivity contribution in [1.82, 2.24) is 4.57 Å². The van der Waals surface area contributed by atoms with Crippen LogP contribution >= 0.6 is 0 Å². The van der Waals surface area contributed by atoms with Gasteiger partial charge in [0.05, 0.1) is 12.2 Å². The molecule has 6 nitrogen and oxygen atoms in total. The van der Waals surface area contributed by atoms with Gasteiger partial charge >= 0.3 is 0 Å². The van der Waals surface area contributed by atoms with Crippen LogP contribution in [0.5, 0.6) is 0 Å². The largest absolute Gasteiger partial charge is 0.366 e. The van der Waals surface area contributed by atoms with Crippen LogP contribution < -0.4 is 16.0 Å². The number of amides is 2. The van der Waals surface area contributed by atoms with Crippen molar-refractivity contribution in [2.45, 2.75) is 18.9 Å². The summed E-state index contributed by atoms with van der Waals surface area (Å²) >= 11 is 0. The van der Waals surface area contributed by atoms with Crippen molar-refractivity contribution in [1.29, 1.82) is 0 Å². The Balaban J connectivity index is 1.62. The average molecular weight is 327 g/mol. The van der Waals surface area contributed by atoms with E-state index in [-0.39, 0.29) is 5.91 Å². The predicted molar refractivity (Wildman–Crippen MR) is 91.7 cm³/mol. The van der Waals surface area contributed by atoms with Gasteiger partial charge in [-0.2, -0.15) is 0 Å². The number of hydrogen-bond donors (Lipinski definition) is 3. The lowest BCUT2D eigenvalue weighted by Gasteiger charge is -2.21. The molecule has 1 unspecified atom stereocenters. The number of aromatic nitrogens is 1. The van der Waals surface area contributed by atoms with Crippen LogP contribution in [0.3, 0.4) is 0 Å². The summed E-state index contributed by atoms with van der Waals surface area (Å²) in [6, 6.07) is 11.2. The lowest BCUT2D eigenvalue weighted by atomic mass is 10.1. The SMILES string of the molecule is Cn1cccc1[C@@H]1CCC[NH+]1CC(=O)Nc1ccc(C(N)=O)cc1. The van der Waals surface area contributed by atoms with E-state index < -0.39 is 5.91 Å². The van der Waals surface area contributed by atoms with Gasteiger partial charge in [-0.1, -0.05) is 0 Å². The fraction of sp³-hybridized carbons (Fsp3) is 0.333. The summed E-state index contributed by atoms with van der Waals surface area (Å²) in [6.07, 6.45) is 4.28. The molecule has 0 spiro atoms. The summed E-state index contributed by atoms with van der Waals surface area (Å²) in [4.78, 5) is 24.7. The molecule has 2 amide bonds. The molecule has 0 radical (unpaired) electrons. The van der Waals surface area contributed by atoms with Crippen LogP contribution in [-0.4, -0.2) is 29.5 Å². The second-order valence-corrected chi connectivity index (χ2v) is 6.31. The van der Waals surface area contributed by atoms with Crippen LogP contribution in [0.4, 0.5) is 5.69 Å². The van der Waals surface area contributed by atoms with Gasteiger partial charge in [-0.25, -0.2) is 0 Å². The Labute approximate surface area is 141 Å². The monoisotopic (exact) mass is 327 g/mol. The minimum Gasteiger partial charge on any atom is -0.366 e. The number of carbonyl (C=O) groups is 2. The van der Waals surface area contributed by atoms with Crippen LogP contribution in [0.15, 0.2) is 42.6 Å². The summed E-state index contributed by atoms with van der Waals surface area (Å²) in [5.74, 6) is -0.488. The van der Waals surface area contributed by atoms with Gasteiger partial charge in [0.15, 0.2) is 6.54 Å². The smallest absolute Gasteiger partial charge is 0.279 e. The molecule has 1 aromatic heterocycles.